The summed E-state index contributed by atoms with van der Waals surface area (Å²) in [6.07, 6.45) is -0.286. The molecule has 146 valence electrons. The van der Waals surface area contributed by atoms with Crippen LogP contribution in [0.1, 0.15) is 48.4 Å². The van der Waals surface area contributed by atoms with E-state index >= 15 is 0 Å². The third kappa shape index (κ3) is 2.67. The standard InChI is InChI=1S/C20H28N2O4Si/c1-12(26-5)15-16(19(25)22(15)27(6,7)20(2,3)4)21-17(23)13-10-8-9-11-14(13)18(21)24/h8-12,15-16H,1-7H3/t12-,15-,16-/m1/s1. The average molecular weight is 389 g/mol. The highest BCUT2D eigenvalue weighted by atomic mass is 28.3. The van der Waals surface area contributed by atoms with Gasteiger partial charge in [-0.15, -0.1) is 0 Å². The van der Waals surface area contributed by atoms with Crippen molar-refractivity contribution in [2.75, 3.05) is 7.11 Å². The Hall–Kier alpha value is -1.99. The van der Waals surface area contributed by atoms with E-state index in [0.717, 1.165) is 4.90 Å². The molecule has 2 aliphatic heterocycles. The molecular weight excluding hydrogens is 360 g/mol. The van der Waals surface area contributed by atoms with Crippen molar-refractivity contribution in [3.8, 4) is 0 Å². The Bertz CT molecular complexity index is 779. The average Bonchev–Trinajstić information content (AvgIpc) is 2.83. The third-order valence-corrected chi connectivity index (χ3v) is 11.9. The maximum atomic E-state index is 13.3. The fraction of sp³-hybridized carbons (Fsp3) is 0.550. The second kappa shape index (κ2) is 6.27. The lowest BCUT2D eigenvalue weighted by atomic mass is 9.92. The minimum Gasteiger partial charge on any atom is -0.380 e. The van der Waals surface area contributed by atoms with Crippen LogP contribution >= 0.6 is 0 Å². The number of hydrogen-bond donors (Lipinski definition) is 0. The number of β-lactam (4-membered cyclic amide) rings is 1. The first-order chi connectivity index (χ1) is 12.4. The van der Waals surface area contributed by atoms with Gasteiger partial charge < -0.3 is 9.30 Å². The summed E-state index contributed by atoms with van der Waals surface area (Å²) in [6.45, 7) is 12.6. The Balaban J connectivity index is 2.01. The van der Waals surface area contributed by atoms with Crippen molar-refractivity contribution >= 4 is 26.0 Å². The molecule has 0 aliphatic carbocycles. The molecular formula is C20H28N2O4Si. The Morgan fingerprint density at radius 1 is 1.04 bits per heavy atom. The van der Waals surface area contributed by atoms with Crippen LogP contribution in [-0.2, 0) is 9.53 Å². The van der Waals surface area contributed by atoms with E-state index in [0.29, 0.717) is 11.1 Å². The molecule has 1 saturated heterocycles. The first kappa shape index (κ1) is 19.8. The first-order valence-corrected chi connectivity index (χ1v) is 12.2. The molecule has 2 aliphatic rings. The van der Waals surface area contributed by atoms with Crippen LogP contribution in [0.25, 0.3) is 0 Å². The highest BCUT2D eigenvalue weighted by molar-refractivity contribution is 6.80. The molecule has 3 rings (SSSR count). The molecule has 0 N–H and O–H groups in total. The fourth-order valence-electron chi connectivity index (χ4n) is 3.83. The molecule has 0 radical (unpaired) electrons. The lowest BCUT2D eigenvalue weighted by Crippen LogP contribution is -2.81. The summed E-state index contributed by atoms with van der Waals surface area (Å²) < 4.78 is 7.48. The summed E-state index contributed by atoms with van der Waals surface area (Å²) >= 11 is 0. The van der Waals surface area contributed by atoms with Gasteiger partial charge in [0.25, 0.3) is 11.8 Å². The number of carbonyl (C=O) groups is 3. The van der Waals surface area contributed by atoms with Crippen molar-refractivity contribution in [3.63, 3.8) is 0 Å². The van der Waals surface area contributed by atoms with Crippen molar-refractivity contribution in [1.82, 2.24) is 9.47 Å². The van der Waals surface area contributed by atoms with Gasteiger partial charge in [-0.05, 0) is 24.1 Å². The zero-order chi connectivity index (χ0) is 20.3. The van der Waals surface area contributed by atoms with Crippen LogP contribution in [0.5, 0.6) is 0 Å². The van der Waals surface area contributed by atoms with Gasteiger partial charge in [0.05, 0.1) is 23.3 Å². The SMILES string of the molecule is CO[C@H](C)[C@@H]1[C@@H](N2C(=O)c3ccccc3C2=O)C(=O)N1[Si](C)(C)C(C)(C)C. The van der Waals surface area contributed by atoms with E-state index in [1.165, 1.54) is 0 Å². The number of benzene rings is 1. The molecule has 1 aromatic carbocycles. The molecule has 1 fully saturated rings. The number of rotatable bonds is 4. The van der Waals surface area contributed by atoms with Crippen LogP contribution in [-0.4, -0.2) is 60.7 Å². The molecule has 0 spiro atoms. The number of carbonyl (C=O) groups excluding carboxylic acids is 3. The van der Waals surface area contributed by atoms with Crippen molar-refractivity contribution in [2.45, 2.75) is 64.0 Å². The van der Waals surface area contributed by atoms with Gasteiger partial charge in [0.1, 0.15) is 6.04 Å². The van der Waals surface area contributed by atoms with Gasteiger partial charge in [0.15, 0.2) is 8.24 Å². The van der Waals surface area contributed by atoms with Crippen LogP contribution in [0.2, 0.25) is 18.1 Å². The molecule has 0 aromatic heterocycles. The molecule has 3 amide bonds. The maximum absolute atomic E-state index is 13.3. The van der Waals surface area contributed by atoms with Crippen molar-refractivity contribution in [1.29, 1.82) is 0 Å². The van der Waals surface area contributed by atoms with Crippen LogP contribution < -0.4 is 0 Å². The fourth-order valence-corrected chi connectivity index (χ4v) is 6.34. The lowest BCUT2D eigenvalue weighted by Gasteiger charge is -2.60. The molecule has 0 saturated carbocycles. The topological polar surface area (TPSA) is 66.9 Å². The van der Waals surface area contributed by atoms with Crippen LogP contribution in [0.15, 0.2) is 24.3 Å². The van der Waals surface area contributed by atoms with Gasteiger partial charge in [0.2, 0.25) is 5.91 Å². The summed E-state index contributed by atoms with van der Waals surface area (Å²) in [5.74, 6) is -0.931. The molecule has 2 heterocycles. The van der Waals surface area contributed by atoms with Crippen molar-refractivity contribution in [2.24, 2.45) is 0 Å². The molecule has 1 aromatic rings. The lowest BCUT2D eigenvalue weighted by molar-refractivity contribution is -0.154. The smallest absolute Gasteiger partial charge is 0.262 e. The van der Waals surface area contributed by atoms with Gasteiger partial charge in [0, 0.05) is 7.11 Å². The summed E-state index contributed by atoms with van der Waals surface area (Å²) in [5.41, 5.74) is 0.731. The summed E-state index contributed by atoms with van der Waals surface area (Å²) in [4.78, 5) is 40.2. The second-order valence-electron chi connectivity index (χ2n) is 8.92. The van der Waals surface area contributed by atoms with Gasteiger partial charge in [-0.3, -0.25) is 19.3 Å². The predicted octanol–water partition coefficient (Wildman–Crippen LogP) is 2.90. The van der Waals surface area contributed by atoms with Crippen LogP contribution in [0.3, 0.4) is 0 Å². The highest BCUT2D eigenvalue weighted by Gasteiger charge is 2.63. The van der Waals surface area contributed by atoms with Crippen molar-refractivity contribution in [3.05, 3.63) is 35.4 Å². The molecule has 27 heavy (non-hydrogen) atoms. The van der Waals surface area contributed by atoms with E-state index in [1.54, 1.807) is 31.4 Å². The molecule has 0 bridgehead atoms. The van der Waals surface area contributed by atoms with Gasteiger partial charge in [-0.1, -0.05) is 46.0 Å². The van der Waals surface area contributed by atoms with Gasteiger partial charge >= 0.3 is 0 Å². The number of fused-ring (bicyclic) bond motifs is 1. The maximum Gasteiger partial charge on any atom is 0.262 e. The van der Waals surface area contributed by atoms with E-state index < -0.39 is 26.1 Å². The zero-order valence-electron chi connectivity index (χ0n) is 17.1. The number of methoxy groups -OCH3 is 1. The quantitative estimate of drug-likeness (QED) is 0.452. The Labute approximate surface area is 161 Å². The second-order valence-corrected chi connectivity index (χ2v) is 14.0. The predicted molar refractivity (Wildman–Crippen MR) is 105 cm³/mol. The first-order valence-electron chi connectivity index (χ1n) is 9.28. The summed E-state index contributed by atoms with van der Waals surface area (Å²) in [6, 6.07) is 5.60. The normalized spacial score (nSPS) is 24.2. The Morgan fingerprint density at radius 2 is 1.52 bits per heavy atom. The highest BCUT2D eigenvalue weighted by Crippen LogP contribution is 2.46. The zero-order valence-corrected chi connectivity index (χ0v) is 18.1. The monoisotopic (exact) mass is 388 g/mol. The van der Waals surface area contributed by atoms with Gasteiger partial charge in [-0.2, -0.15) is 0 Å². The molecule has 6 nitrogen and oxygen atoms in total. The molecule has 7 heteroatoms. The Morgan fingerprint density at radius 3 is 1.93 bits per heavy atom. The minimum atomic E-state index is -2.19. The number of imide groups is 1. The summed E-state index contributed by atoms with van der Waals surface area (Å²) in [7, 11) is -0.595. The largest absolute Gasteiger partial charge is 0.380 e. The van der Waals surface area contributed by atoms with Gasteiger partial charge in [-0.25, -0.2) is 0 Å². The Kier molecular flexibility index (Phi) is 4.59. The molecule has 3 atom stereocenters. The number of amides is 3. The van der Waals surface area contributed by atoms with Crippen LogP contribution in [0, 0.1) is 0 Å². The number of ether oxygens (including phenoxy) is 1. The minimum absolute atomic E-state index is 0.0542. The van der Waals surface area contributed by atoms with E-state index in [-0.39, 0.29) is 23.1 Å². The third-order valence-electron chi connectivity index (χ3n) is 6.51. The van der Waals surface area contributed by atoms with E-state index in [2.05, 4.69) is 33.9 Å². The summed E-state index contributed by atoms with van der Waals surface area (Å²) in [5, 5.41) is -0.0542. The van der Waals surface area contributed by atoms with E-state index in [1.807, 2.05) is 11.5 Å². The number of nitrogens with zero attached hydrogens (tertiary/aromatic N) is 2. The molecule has 0 unspecified atom stereocenters. The van der Waals surface area contributed by atoms with E-state index in [9.17, 15) is 14.4 Å². The van der Waals surface area contributed by atoms with Crippen molar-refractivity contribution < 1.29 is 19.1 Å². The number of hydrogen-bond acceptors (Lipinski definition) is 4. The van der Waals surface area contributed by atoms with Crippen LogP contribution in [0.4, 0.5) is 0 Å². The van der Waals surface area contributed by atoms with E-state index in [4.69, 9.17) is 4.74 Å².